The Kier molecular flexibility index (Phi) is 7.98. The highest BCUT2D eigenvalue weighted by atomic mass is 32.2. The molecule has 0 saturated heterocycles. The summed E-state index contributed by atoms with van der Waals surface area (Å²) in [7, 11) is 1.63. The molecule has 0 spiro atoms. The molecule has 1 amide bonds. The van der Waals surface area contributed by atoms with Gasteiger partial charge in [0, 0.05) is 32.0 Å². The molecular weight excluding hydrogens is 278 g/mol. The van der Waals surface area contributed by atoms with Gasteiger partial charge in [-0.05, 0) is 12.8 Å². The van der Waals surface area contributed by atoms with Gasteiger partial charge in [-0.3, -0.25) is 9.59 Å². The number of aromatic nitrogens is 2. The molecule has 20 heavy (non-hydrogen) atoms. The summed E-state index contributed by atoms with van der Waals surface area (Å²) in [4.78, 5) is 30.0. The Balaban J connectivity index is 2.40. The van der Waals surface area contributed by atoms with Crippen molar-refractivity contribution in [3.8, 4) is 0 Å². The van der Waals surface area contributed by atoms with Crippen LogP contribution in [0.5, 0.6) is 0 Å². The molecule has 1 rings (SSSR count). The monoisotopic (exact) mass is 299 g/mol. The second kappa shape index (κ2) is 9.55. The average Bonchev–Trinajstić information content (AvgIpc) is 2.41. The molecule has 0 aliphatic heterocycles. The van der Waals surface area contributed by atoms with E-state index in [1.165, 1.54) is 17.8 Å². The summed E-state index contributed by atoms with van der Waals surface area (Å²) in [5.74, 6) is 0.167. The average molecular weight is 299 g/mol. The van der Waals surface area contributed by atoms with Crippen LogP contribution in [0.4, 0.5) is 0 Å². The number of carbonyl (C=O) groups is 1. The summed E-state index contributed by atoms with van der Waals surface area (Å²) in [6.07, 6.45) is 2.48. The lowest BCUT2D eigenvalue weighted by Crippen LogP contribution is -2.27. The van der Waals surface area contributed by atoms with Gasteiger partial charge < -0.3 is 15.0 Å². The Morgan fingerprint density at radius 3 is 3.05 bits per heavy atom. The summed E-state index contributed by atoms with van der Waals surface area (Å²) in [6.45, 7) is 3.25. The van der Waals surface area contributed by atoms with Crippen LogP contribution < -0.4 is 10.9 Å². The van der Waals surface area contributed by atoms with Crippen molar-refractivity contribution < 1.29 is 9.53 Å². The predicted octanol–water partition coefficient (Wildman–Crippen LogP) is 0.967. The molecule has 0 unspecified atom stereocenters. The van der Waals surface area contributed by atoms with Gasteiger partial charge in [0.1, 0.15) is 0 Å². The van der Waals surface area contributed by atoms with Crippen molar-refractivity contribution in [1.29, 1.82) is 0 Å². The van der Waals surface area contributed by atoms with Gasteiger partial charge in [0.2, 0.25) is 5.91 Å². The number of carbonyl (C=O) groups excluding carboxylic acids is 1. The Bertz CT molecular complexity index is 476. The minimum Gasteiger partial charge on any atom is -0.385 e. The van der Waals surface area contributed by atoms with Crippen LogP contribution in [0.15, 0.2) is 16.0 Å². The van der Waals surface area contributed by atoms with Gasteiger partial charge in [-0.1, -0.05) is 25.1 Å². The lowest BCUT2D eigenvalue weighted by molar-refractivity contribution is -0.118. The zero-order valence-corrected chi connectivity index (χ0v) is 12.7. The third kappa shape index (κ3) is 6.72. The number of H-pyrrole nitrogens is 1. The highest BCUT2D eigenvalue weighted by Crippen LogP contribution is 2.11. The van der Waals surface area contributed by atoms with E-state index in [1.54, 1.807) is 7.11 Å². The number of ether oxygens (including phenoxy) is 1. The summed E-state index contributed by atoms with van der Waals surface area (Å²) in [5, 5.41) is 3.28. The van der Waals surface area contributed by atoms with Crippen LogP contribution in [0.3, 0.4) is 0 Å². The molecule has 0 atom stereocenters. The standard InChI is InChI=1S/C13H21N3O3S/c1-3-5-10-8-11(17)16-13(15-10)20-9-12(18)14-6-4-7-19-2/h8H,3-7,9H2,1-2H3,(H,14,18)(H,15,16,17). The quantitative estimate of drug-likeness (QED) is 0.403. The van der Waals surface area contributed by atoms with Crippen molar-refractivity contribution in [1.82, 2.24) is 15.3 Å². The number of nitrogens with zero attached hydrogens (tertiary/aromatic N) is 1. The fourth-order valence-electron chi connectivity index (χ4n) is 1.57. The minimum atomic E-state index is -0.175. The van der Waals surface area contributed by atoms with Gasteiger partial charge in [-0.15, -0.1) is 0 Å². The summed E-state index contributed by atoms with van der Waals surface area (Å²) >= 11 is 1.24. The second-order valence-corrected chi connectivity index (χ2v) is 5.24. The Labute approximate surface area is 122 Å². The summed E-state index contributed by atoms with van der Waals surface area (Å²) in [6, 6.07) is 1.50. The van der Waals surface area contributed by atoms with Crippen molar-refractivity contribution in [3.63, 3.8) is 0 Å². The molecule has 0 aliphatic rings. The first-order valence-corrected chi connectivity index (χ1v) is 7.63. The molecule has 6 nitrogen and oxygen atoms in total. The van der Waals surface area contributed by atoms with Crippen LogP contribution in [-0.2, 0) is 16.0 Å². The lowest BCUT2D eigenvalue weighted by Gasteiger charge is -2.05. The number of hydrogen-bond acceptors (Lipinski definition) is 5. The van der Waals surface area contributed by atoms with Crippen LogP contribution in [0.25, 0.3) is 0 Å². The SMILES string of the molecule is CCCc1cc(=O)[nH]c(SCC(=O)NCCCOC)n1. The van der Waals surface area contributed by atoms with E-state index in [4.69, 9.17) is 4.74 Å². The molecule has 0 radical (unpaired) electrons. The van der Waals surface area contributed by atoms with Crippen LogP contribution >= 0.6 is 11.8 Å². The van der Waals surface area contributed by atoms with E-state index in [-0.39, 0.29) is 17.2 Å². The van der Waals surface area contributed by atoms with E-state index < -0.39 is 0 Å². The largest absolute Gasteiger partial charge is 0.385 e. The van der Waals surface area contributed by atoms with Crippen LogP contribution in [0, 0.1) is 0 Å². The second-order valence-electron chi connectivity index (χ2n) is 4.28. The van der Waals surface area contributed by atoms with Gasteiger partial charge in [0.15, 0.2) is 5.16 Å². The van der Waals surface area contributed by atoms with Crippen molar-refractivity contribution in [3.05, 3.63) is 22.1 Å². The number of hydrogen-bond donors (Lipinski definition) is 2. The Morgan fingerprint density at radius 2 is 2.35 bits per heavy atom. The molecule has 0 fully saturated rings. The van der Waals surface area contributed by atoms with Crippen LogP contribution in [0.2, 0.25) is 0 Å². The van der Waals surface area contributed by atoms with Crippen LogP contribution in [-0.4, -0.2) is 41.9 Å². The van der Waals surface area contributed by atoms with E-state index >= 15 is 0 Å². The van der Waals surface area contributed by atoms with Crippen molar-refractivity contribution in [2.75, 3.05) is 26.0 Å². The van der Waals surface area contributed by atoms with E-state index in [0.29, 0.717) is 18.3 Å². The molecule has 1 aromatic rings. The van der Waals surface area contributed by atoms with E-state index in [1.807, 2.05) is 6.92 Å². The number of nitrogens with one attached hydrogen (secondary N) is 2. The number of thioether (sulfide) groups is 1. The zero-order chi connectivity index (χ0) is 14.8. The maximum Gasteiger partial charge on any atom is 0.251 e. The maximum absolute atomic E-state index is 11.6. The van der Waals surface area contributed by atoms with Gasteiger partial charge >= 0.3 is 0 Å². The molecule has 1 aromatic heterocycles. The van der Waals surface area contributed by atoms with Gasteiger partial charge in [0.25, 0.3) is 5.56 Å². The Morgan fingerprint density at radius 1 is 1.55 bits per heavy atom. The first-order chi connectivity index (χ1) is 9.65. The van der Waals surface area contributed by atoms with E-state index in [0.717, 1.165) is 25.0 Å². The third-order valence-electron chi connectivity index (χ3n) is 2.47. The van der Waals surface area contributed by atoms with Crippen molar-refractivity contribution >= 4 is 17.7 Å². The number of aromatic amines is 1. The fraction of sp³-hybridized carbons (Fsp3) is 0.615. The number of amides is 1. The first kappa shape index (κ1) is 16.7. The third-order valence-corrected chi connectivity index (χ3v) is 3.34. The molecule has 2 N–H and O–H groups in total. The smallest absolute Gasteiger partial charge is 0.251 e. The molecule has 0 saturated carbocycles. The van der Waals surface area contributed by atoms with E-state index in [9.17, 15) is 9.59 Å². The number of rotatable bonds is 9. The first-order valence-electron chi connectivity index (χ1n) is 6.64. The summed E-state index contributed by atoms with van der Waals surface area (Å²) in [5.41, 5.74) is 0.589. The molecule has 112 valence electrons. The fourth-order valence-corrected chi connectivity index (χ4v) is 2.29. The predicted molar refractivity (Wildman–Crippen MR) is 79.1 cm³/mol. The normalized spacial score (nSPS) is 10.5. The molecule has 7 heteroatoms. The highest BCUT2D eigenvalue weighted by molar-refractivity contribution is 7.99. The molecular formula is C13H21N3O3S. The van der Waals surface area contributed by atoms with Gasteiger partial charge in [-0.25, -0.2) is 4.98 Å². The van der Waals surface area contributed by atoms with E-state index in [2.05, 4.69) is 15.3 Å². The zero-order valence-electron chi connectivity index (χ0n) is 11.9. The molecule has 0 aromatic carbocycles. The highest BCUT2D eigenvalue weighted by Gasteiger charge is 2.05. The number of aryl methyl sites for hydroxylation is 1. The molecule has 1 heterocycles. The van der Waals surface area contributed by atoms with Gasteiger partial charge in [0.05, 0.1) is 5.75 Å². The van der Waals surface area contributed by atoms with Crippen LogP contribution in [0.1, 0.15) is 25.5 Å². The molecule has 0 bridgehead atoms. The minimum absolute atomic E-state index is 0.0744. The molecule has 0 aliphatic carbocycles. The van der Waals surface area contributed by atoms with Crippen molar-refractivity contribution in [2.24, 2.45) is 0 Å². The Hall–Kier alpha value is -1.34. The lowest BCUT2D eigenvalue weighted by atomic mass is 10.2. The topological polar surface area (TPSA) is 84.1 Å². The summed E-state index contributed by atoms with van der Waals surface area (Å²) < 4.78 is 4.90. The van der Waals surface area contributed by atoms with Gasteiger partial charge in [-0.2, -0.15) is 0 Å². The van der Waals surface area contributed by atoms with Crippen molar-refractivity contribution in [2.45, 2.75) is 31.3 Å². The number of methoxy groups -OCH3 is 1. The maximum atomic E-state index is 11.6.